The maximum absolute atomic E-state index is 5.34. The standard InChI is InChI=1S/C13H16N2OS/c1-9(2)7-8-15-10-5-4-6-11(16-3)12(10)14-13(15)17/h4-7H,8H2,1-3H3,(H,14,17). The second-order valence-corrected chi connectivity index (χ2v) is 4.56. The maximum atomic E-state index is 5.34. The third-order valence-electron chi connectivity index (χ3n) is 2.67. The molecule has 0 aliphatic heterocycles. The van der Waals surface area contributed by atoms with Gasteiger partial charge in [-0.1, -0.05) is 17.7 Å². The van der Waals surface area contributed by atoms with Crippen LogP contribution in [0.4, 0.5) is 0 Å². The number of hydrogen-bond donors (Lipinski definition) is 1. The maximum Gasteiger partial charge on any atom is 0.178 e. The lowest BCUT2D eigenvalue weighted by Gasteiger charge is -2.03. The summed E-state index contributed by atoms with van der Waals surface area (Å²) in [5.41, 5.74) is 3.32. The van der Waals surface area contributed by atoms with Crippen molar-refractivity contribution in [2.75, 3.05) is 7.11 Å². The van der Waals surface area contributed by atoms with Crippen molar-refractivity contribution in [2.45, 2.75) is 20.4 Å². The topological polar surface area (TPSA) is 29.9 Å². The molecule has 2 aromatic rings. The van der Waals surface area contributed by atoms with Gasteiger partial charge in [0.25, 0.3) is 0 Å². The van der Waals surface area contributed by atoms with Crippen LogP contribution in [0.2, 0.25) is 0 Å². The summed E-state index contributed by atoms with van der Waals surface area (Å²) in [6.45, 7) is 4.95. The summed E-state index contributed by atoms with van der Waals surface area (Å²) in [4.78, 5) is 3.19. The van der Waals surface area contributed by atoms with E-state index in [1.165, 1.54) is 5.57 Å². The number of aromatic nitrogens is 2. The lowest BCUT2D eigenvalue weighted by Crippen LogP contribution is -1.95. The minimum atomic E-state index is 0.724. The number of nitrogens with zero attached hydrogens (tertiary/aromatic N) is 1. The van der Waals surface area contributed by atoms with Crippen molar-refractivity contribution in [3.63, 3.8) is 0 Å². The van der Waals surface area contributed by atoms with Crippen LogP contribution < -0.4 is 4.74 Å². The minimum absolute atomic E-state index is 0.724. The summed E-state index contributed by atoms with van der Waals surface area (Å²) in [7, 11) is 1.67. The SMILES string of the molecule is COc1cccc2c1[nH]c(=S)n2CC=C(C)C. The number of methoxy groups -OCH3 is 1. The average Bonchev–Trinajstić information content (AvgIpc) is 2.62. The third kappa shape index (κ3) is 2.26. The number of benzene rings is 1. The summed E-state index contributed by atoms with van der Waals surface area (Å²) in [6.07, 6.45) is 2.16. The molecule has 0 radical (unpaired) electrons. The Balaban J connectivity index is 2.60. The molecule has 1 aromatic heterocycles. The number of allylic oxidation sites excluding steroid dienone is 2. The molecule has 3 nitrogen and oxygen atoms in total. The molecule has 0 aliphatic rings. The first kappa shape index (κ1) is 11.9. The first-order chi connectivity index (χ1) is 8.13. The van der Waals surface area contributed by atoms with Crippen LogP contribution in [-0.2, 0) is 6.54 Å². The molecule has 17 heavy (non-hydrogen) atoms. The number of aromatic amines is 1. The fourth-order valence-electron chi connectivity index (χ4n) is 1.78. The van der Waals surface area contributed by atoms with Crippen molar-refractivity contribution in [3.8, 4) is 5.75 Å². The van der Waals surface area contributed by atoms with Crippen molar-refractivity contribution in [1.82, 2.24) is 9.55 Å². The number of fused-ring (bicyclic) bond motifs is 1. The Morgan fingerprint density at radius 3 is 2.88 bits per heavy atom. The zero-order valence-electron chi connectivity index (χ0n) is 10.3. The third-order valence-corrected chi connectivity index (χ3v) is 3.00. The molecule has 2 rings (SSSR count). The van der Waals surface area contributed by atoms with Crippen LogP contribution >= 0.6 is 12.2 Å². The fraction of sp³-hybridized carbons (Fsp3) is 0.308. The highest BCUT2D eigenvalue weighted by Crippen LogP contribution is 2.24. The van der Waals surface area contributed by atoms with Crippen LogP contribution in [0.15, 0.2) is 29.8 Å². The fourth-order valence-corrected chi connectivity index (χ4v) is 2.05. The first-order valence-corrected chi connectivity index (χ1v) is 5.93. The molecule has 1 N–H and O–H groups in total. The van der Waals surface area contributed by atoms with Crippen molar-refractivity contribution in [3.05, 3.63) is 34.6 Å². The van der Waals surface area contributed by atoms with Crippen LogP contribution in [-0.4, -0.2) is 16.7 Å². The lowest BCUT2D eigenvalue weighted by molar-refractivity contribution is 0.419. The van der Waals surface area contributed by atoms with Crippen LogP contribution in [0.25, 0.3) is 11.0 Å². The predicted molar refractivity (Wildman–Crippen MR) is 73.1 cm³/mol. The van der Waals surface area contributed by atoms with E-state index in [9.17, 15) is 0 Å². The van der Waals surface area contributed by atoms with Gasteiger partial charge in [-0.2, -0.15) is 0 Å². The smallest absolute Gasteiger partial charge is 0.178 e. The van der Waals surface area contributed by atoms with Gasteiger partial charge >= 0.3 is 0 Å². The molecule has 0 aliphatic carbocycles. The van der Waals surface area contributed by atoms with E-state index in [2.05, 4.69) is 29.5 Å². The molecule has 0 saturated heterocycles. The van der Waals surface area contributed by atoms with Gasteiger partial charge in [-0.25, -0.2) is 0 Å². The highest BCUT2D eigenvalue weighted by Gasteiger charge is 2.07. The highest BCUT2D eigenvalue weighted by molar-refractivity contribution is 7.71. The average molecular weight is 248 g/mol. The van der Waals surface area contributed by atoms with E-state index in [1.807, 2.05) is 18.2 Å². The Morgan fingerprint density at radius 2 is 2.24 bits per heavy atom. The van der Waals surface area contributed by atoms with Gasteiger partial charge in [0.1, 0.15) is 11.3 Å². The Labute approximate surface area is 106 Å². The van der Waals surface area contributed by atoms with Crippen molar-refractivity contribution in [2.24, 2.45) is 0 Å². The molecule has 1 aromatic carbocycles. The van der Waals surface area contributed by atoms with Gasteiger partial charge in [-0.3, -0.25) is 0 Å². The van der Waals surface area contributed by atoms with Gasteiger partial charge in [0.2, 0.25) is 0 Å². The molecule has 1 heterocycles. The van der Waals surface area contributed by atoms with E-state index in [4.69, 9.17) is 17.0 Å². The minimum Gasteiger partial charge on any atom is -0.494 e. The quantitative estimate of drug-likeness (QED) is 0.663. The molecule has 0 amide bonds. The number of H-pyrrole nitrogens is 1. The Hall–Kier alpha value is -1.55. The summed E-state index contributed by atoms with van der Waals surface area (Å²) >= 11 is 5.34. The molecule has 0 unspecified atom stereocenters. The number of nitrogens with one attached hydrogen (secondary N) is 1. The molecule has 0 spiro atoms. The predicted octanol–water partition coefficient (Wildman–Crippen LogP) is 3.67. The number of hydrogen-bond acceptors (Lipinski definition) is 2. The molecule has 0 atom stereocenters. The van der Waals surface area contributed by atoms with Crippen LogP contribution in [0, 0.1) is 4.77 Å². The van der Waals surface area contributed by atoms with E-state index in [-0.39, 0.29) is 0 Å². The first-order valence-electron chi connectivity index (χ1n) is 5.52. The zero-order chi connectivity index (χ0) is 12.4. The molecule has 4 heteroatoms. The Morgan fingerprint density at radius 1 is 1.47 bits per heavy atom. The summed E-state index contributed by atoms with van der Waals surface area (Å²) in [6, 6.07) is 5.95. The molecule has 90 valence electrons. The van der Waals surface area contributed by atoms with Gasteiger partial charge in [-0.05, 0) is 38.2 Å². The zero-order valence-corrected chi connectivity index (χ0v) is 11.1. The second kappa shape index (κ2) is 4.75. The van der Waals surface area contributed by atoms with Gasteiger partial charge in [0.05, 0.1) is 12.6 Å². The van der Waals surface area contributed by atoms with Crippen LogP contribution in [0.5, 0.6) is 5.75 Å². The molecular formula is C13H16N2OS. The van der Waals surface area contributed by atoms with E-state index in [0.717, 1.165) is 28.1 Å². The Bertz CT molecular complexity index is 618. The van der Waals surface area contributed by atoms with Gasteiger partial charge < -0.3 is 14.3 Å². The number of rotatable bonds is 3. The largest absolute Gasteiger partial charge is 0.494 e. The Kier molecular flexibility index (Phi) is 3.33. The van der Waals surface area contributed by atoms with E-state index in [1.54, 1.807) is 7.11 Å². The van der Waals surface area contributed by atoms with Crippen molar-refractivity contribution in [1.29, 1.82) is 0 Å². The summed E-state index contributed by atoms with van der Waals surface area (Å²) in [5, 5.41) is 0. The van der Waals surface area contributed by atoms with Crippen molar-refractivity contribution >= 4 is 23.3 Å². The summed E-state index contributed by atoms with van der Waals surface area (Å²) < 4.78 is 8.11. The van der Waals surface area contributed by atoms with E-state index >= 15 is 0 Å². The summed E-state index contributed by atoms with van der Waals surface area (Å²) in [5.74, 6) is 0.824. The number of imidazole rings is 1. The van der Waals surface area contributed by atoms with Gasteiger partial charge in [-0.15, -0.1) is 0 Å². The van der Waals surface area contributed by atoms with Crippen LogP contribution in [0.3, 0.4) is 0 Å². The molecule has 0 saturated carbocycles. The van der Waals surface area contributed by atoms with Crippen molar-refractivity contribution < 1.29 is 4.74 Å². The van der Waals surface area contributed by atoms with E-state index in [0.29, 0.717) is 0 Å². The molecule has 0 bridgehead atoms. The number of ether oxygens (including phenoxy) is 1. The molecule has 0 fully saturated rings. The van der Waals surface area contributed by atoms with Gasteiger partial charge in [0.15, 0.2) is 4.77 Å². The monoisotopic (exact) mass is 248 g/mol. The van der Waals surface area contributed by atoms with Gasteiger partial charge in [0, 0.05) is 6.54 Å². The second-order valence-electron chi connectivity index (χ2n) is 4.18. The number of para-hydroxylation sites is 1. The van der Waals surface area contributed by atoms with E-state index < -0.39 is 0 Å². The lowest BCUT2D eigenvalue weighted by atomic mass is 10.3. The molecular weight excluding hydrogens is 232 g/mol. The van der Waals surface area contributed by atoms with Crippen LogP contribution in [0.1, 0.15) is 13.8 Å². The highest BCUT2D eigenvalue weighted by atomic mass is 32.1. The normalized spacial score (nSPS) is 10.5.